The summed E-state index contributed by atoms with van der Waals surface area (Å²) in [5.41, 5.74) is 2.35. The van der Waals surface area contributed by atoms with Gasteiger partial charge in [-0.25, -0.2) is 0 Å². The number of fused-ring (bicyclic) bond motifs is 1. The van der Waals surface area contributed by atoms with Crippen molar-refractivity contribution in [1.29, 1.82) is 0 Å². The maximum Gasteiger partial charge on any atom is 0.311 e. The van der Waals surface area contributed by atoms with Crippen LogP contribution in [-0.2, 0) is 4.79 Å². The summed E-state index contributed by atoms with van der Waals surface area (Å²) in [7, 11) is 0. The molecule has 0 aromatic heterocycles. The summed E-state index contributed by atoms with van der Waals surface area (Å²) in [6.45, 7) is 1.77. The fourth-order valence-corrected chi connectivity index (χ4v) is 3.98. The molecule has 4 nitrogen and oxygen atoms in total. The molecule has 0 N–H and O–H groups in total. The van der Waals surface area contributed by atoms with Crippen molar-refractivity contribution in [2.75, 3.05) is 0 Å². The Kier molecular flexibility index (Phi) is 8.34. The highest BCUT2D eigenvalue weighted by molar-refractivity contribution is 6.26. The summed E-state index contributed by atoms with van der Waals surface area (Å²) in [5.74, 6) is 0.411. The number of carbonyl (C=O) groups excluding carboxylic acids is 3. The minimum atomic E-state index is -0.178. The SMILES string of the molecule is CC1=C(CCCCCCCCCC(=O)Oc2ccccc2)C(=O)c2ccccc2C1=O. The number of rotatable bonds is 11. The average Bonchev–Trinajstić information content (AvgIpc) is 2.79. The number of para-hydroxylation sites is 1. The van der Waals surface area contributed by atoms with E-state index in [9.17, 15) is 14.4 Å². The summed E-state index contributed by atoms with van der Waals surface area (Å²) >= 11 is 0. The molecule has 1 aliphatic rings. The first kappa shape index (κ1) is 22.7. The maximum atomic E-state index is 12.7. The van der Waals surface area contributed by atoms with Crippen molar-refractivity contribution in [1.82, 2.24) is 0 Å². The summed E-state index contributed by atoms with van der Waals surface area (Å²) in [5, 5.41) is 0. The van der Waals surface area contributed by atoms with Crippen LogP contribution < -0.4 is 4.74 Å². The highest BCUT2D eigenvalue weighted by Gasteiger charge is 2.28. The third-order valence-corrected chi connectivity index (χ3v) is 5.77. The number of benzene rings is 2. The van der Waals surface area contributed by atoms with Crippen molar-refractivity contribution in [3.8, 4) is 5.75 Å². The van der Waals surface area contributed by atoms with E-state index >= 15 is 0 Å². The molecule has 4 heteroatoms. The van der Waals surface area contributed by atoms with Gasteiger partial charge in [0.05, 0.1) is 0 Å². The molecule has 162 valence electrons. The van der Waals surface area contributed by atoms with E-state index in [1.54, 1.807) is 37.3 Å². The van der Waals surface area contributed by atoms with Crippen LogP contribution in [0.4, 0.5) is 0 Å². The van der Waals surface area contributed by atoms with E-state index in [-0.39, 0.29) is 17.5 Å². The summed E-state index contributed by atoms with van der Waals surface area (Å²) in [6, 6.07) is 16.2. The smallest absolute Gasteiger partial charge is 0.311 e. The largest absolute Gasteiger partial charge is 0.427 e. The van der Waals surface area contributed by atoms with E-state index < -0.39 is 0 Å². The van der Waals surface area contributed by atoms with Crippen LogP contribution in [0.5, 0.6) is 5.75 Å². The van der Waals surface area contributed by atoms with E-state index in [1.807, 2.05) is 24.3 Å². The quantitative estimate of drug-likeness (QED) is 0.237. The predicted octanol–water partition coefficient (Wildman–Crippen LogP) is 6.50. The second-order valence-corrected chi connectivity index (χ2v) is 8.07. The topological polar surface area (TPSA) is 60.4 Å². The third kappa shape index (κ3) is 6.24. The summed E-state index contributed by atoms with van der Waals surface area (Å²) in [4.78, 5) is 37.1. The molecular weight excluding hydrogens is 388 g/mol. The second-order valence-electron chi connectivity index (χ2n) is 8.07. The molecule has 3 rings (SSSR count). The molecule has 0 radical (unpaired) electrons. The van der Waals surface area contributed by atoms with Crippen LogP contribution >= 0.6 is 0 Å². The zero-order valence-electron chi connectivity index (χ0n) is 18.2. The van der Waals surface area contributed by atoms with Gasteiger partial charge in [0.1, 0.15) is 5.75 Å². The minimum absolute atomic E-state index is 0.00934. The first-order chi connectivity index (χ1) is 15.1. The first-order valence-electron chi connectivity index (χ1n) is 11.2. The van der Waals surface area contributed by atoms with Crippen molar-refractivity contribution in [3.63, 3.8) is 0 Å². The molecule has 0 amide bonds. The normalized spacial score (nSPS) is 13.3. The molecule has 0 saturated heterocycles. The highest BCUT2D eigenvalue weighted by Crippen LogP contribution is 2.29. The van der Waals surface area contributed by atoms with Crippen LogP contribution in [0.2, 0.25) is 0 Å². The van der Waals surface area contributed by atoms with Gasteiger partial charge in [0.2, 0.25) is 0 Å². The third-order valence-electron chi connectivity index (χ3n) is 5.77. The van der Waals surface area contributed by atoms with Gasteiger partial charge < -0.3 is 4.74 Å². The molecular formula is C27H30O4. The predicted molar refractivity (Wildman–Crippen MR) is 121 cm³/mol. The van der Waals surface area contributed by atoms with Crippen LogP contribution in [0, 0.1) is 0 Å². The fraction of sp³-hybridized carbons (Fsp3) is 0.370. The standard InChI is InChI=1S/C27H30O4/c1-20-22(27(30)24-18-13-12-17-23(24)26(20)29)16-10-5-3-2-4-6-11-19-25(28)31-21-14-8-7-9-15-21/h7-9,12-15,17-18H,2-6,10-11,16,19H2,1H3. The molecule has 31 heavy (non-hydrogen) atoms. The lowest BCUT2D eigenvalue weighted by Gasteiger charge is -2.18. The molecule has 0 spiro atoms. The lowest BCUT2D eigenvalue weighted by atomic mass is 9.82. The fourth-order valence-electron chi connectivity index (χ4n) is 3.98. The van der Waals surface area contributed by atoms with E-state index in [2.05, 4.69) is 0 Å². The molecule has 0 aliphatic heterocycles. The Balaban J connectivity index is 1.28. The number of ether oxygens (including phenoxy) is 1. The molecule has 0 atom stereocenters. The number of Topliss-reactive ketones (excluding diaryl/α,β-unsaturated/α-hetero) is 2. The Morgan fingerprint density at radius 1 is 0.710 bits per heavy atom. The number of carbonyl (C=O) groups is 3. The molecule has 0 fully saturated rings. The van der Waals surface area contributed by atoms with Gasteiger partial charge in [-0.3, -0.25) is 14.4 Å². The van der Waals surface area contributed by atoms with Gasteiger partial charge in [-0.15, -0.1) is 0 Å². The Labute approximate surface area is 184 Å². The Hall–Kier alpha value is -3.01. The van der Waals surface area contributed by atoms with Crippen molar-refractivity contribution in [2.24, 2.45) is 0 Å². The van der Waals surface area contributed by atoms with Crippen LogP contribution in [0.25, 0.3) is 0 Å². The van der Waals surface area contributed by atoms with Crippen LogP contribution in [0.15, 0.2) is 65.7 Å². The lowest BCUT2D eigenvalue weighted by Crippen LogP contribution is -2.20. The number of unbranched alkanes of at least 4 members (excludes halogenated alkanes) is 6. The van der Waals surface area contributed by atoms with Crippen LogP contribution in [0.3, 0.4) is 0 Å². The van der Waals surface area contributed by atoms with Gasteiger partial charge in [0, 0.05) is 28.7 Å². The first-order valence-corrected chi connectivity index (χ1v) is 11.2. The van der Waals surface area contributed by atoms with Crippen molar-refractivity contribution in [2.45, 2.75) is 64.7 Å². The Bertz CT molecular complexity index is 956. The highest BCUT2D eigenvalue weighted by atomic mass is 16.5. The summed E-state index contributed by atoms with van der Waals surface area (Å²) in [6.07, 6.45) is 8.21. The van der Waals surface area contributed by atoms with E-state index in [4.69, 9.17) is 4.74 Å². The molecule has 0 saturated carbocycles. The molecule has 0 bridgehead atoms. The van der Waals surface area contributed by atoms with Crippen molar-refractivity contribution >= 4 is 17.5 Å². The van der Waals surface area contributed by atoms with Crippen LogP contribution in [0.1, 0.15) is 85.4 Å². The zero-order valence-corrected chi connectivity index (χ0v) is 18.2. The van der Waals surface area contributed by atoms with Crippen molar-refractivity contribution in [3.05, 3.63) is 76.9 Å². The van der Waals surface area contributed by atoms with Gasteiger partial charge in [-0.1, -0.05) is 74.6 Å². The molecule has 2 aromatic rings. The molecule has 0 unspecified atom stereocenters. The van der Waals surface area contributed by atoms with Gasteiger partial charge in [-0.05, 0) is 38.3 Å². The van der Waals surface area contributed by atoms with E-state index in [0.29, 0.717) is 40.9 Å². The second kappa shape index (κ2) is 11.4. The number of allylic oxidation sites excluding steroid dienone is 2. The van der Waals surface area contributed by atoms with E-state index in [0.717, 1.165) is 44.9 Å². The zero-order chi connectivity index (χ0) is 22.1. The minimum Gasteiger partial charge on any atom is -0.427 e. The molecule has 1 aliphatic carbocycles. The number of ketones is 2. The van der Waals surface area contributed by atoms with Crippen LogP contribution in [-0.4, -0.2) is 17.5 Å². The number of hydrogen-bond donors (Lipinski definition) is 0. The lowest BCUT2D eigenvalue weighted by molar-refractivity contribution is -0.134. The Morgan fingerprint density at radius 2 is 1.26 bits per heavy atom. The van der Waals surface area contributed by atoms with Gasteiger partial charge >= 0.3 is 5.97 Å². The number of esters is 1. The monoisotopic (exact) mass is 418 g/mol. The maximum absolute atomic E-state index is 12.7. The van der Waals surface area contributed by atoms with Gasteiger partial charge in [0.25, 0.3) is 0 Å². The van der Waals surface area contributed by atoms with E-state index in [1.165, 1.54) is 0 Å². The Morgan fingerprint density at radius 3 is 1.94 bits per heavy atom. The van der Waals surface area contributed by atoms with Crippen molar-refractivity contribution < 1.29 is 19.1 Å². The van der Waals surface area contributed by atoms with Gasteiger partial charge in [-0.2, -0.15) is 0 Å². The van der Waals surface area contributed by atoms with Gasteiger partial charge in [0.15, 0.2) is 11.6 Å². The summed E-state index contributed by atoms with van der Waals surface area (Å²) < 4.78 is 5.28. The molecule has 0 heterocycles. The number of hydrogen-bond acceptors (Lipinski definition) is 4. The molecule has 2 aromatic carbocycles. The average molecular weight is 419 g/mol.